The van der Waals surface area contributed by atoms with Gasteiger partial charge in [0.15, 0.2) is 0 Å². The summed E-state index contributed by atoms with van der Waals surface area (Å²) in [5, 5.41) is 12.3. The Bertz CT molecular complexity index is 893. The molecule has 1 aromatic heterocycles. The van der Waals surface area contributed by atoms with Gasteiger partial charge in [-0.2, -0.15) is 5.10 Å². The van der Waals surface area contributed by atoms with E-state index < -0.39 is 0 Å². The van der Waals surface area contributed by atoms with Crippen molar-refractivity contribution in [3.05, 3.63) is 54.5 Å². The van der Waals surface area contributed by atoms with E-state index in [1.54, 1.807) is 12.3 Å². The highest BCUT2D eigenvalue weighted by Gasteiger charge is 2.09. The molecule has 0 spiro atoms. The summed E-state index contributed by atoms with van der Waals surface area (Å²) in [6.07, 6.45) is 1.79. The molecule has 0 saturated heterocycles. The third-order valence-electron chi connectivity index (χ3n) is 3.40. The van der Waals surface area contributed by atoms with Crippen molar-refractivity contribution in [3.8, 4) is 0 Å². The highest BCUT2D eigenvalue weighted by atomic mass is 19.1. The number of rotatable bonds is 0. The van der Waals surface area contributed by atoms with Crippen LogP contribution >= 0.6 is 0 Å². The van der Waals surface area contributed by atoms with Crippen molar-refractivity contribution in [2.24, 2.45) is 0 Å². The van der Waals surface area contributed by atoms with Crippen LogP contribution in [-0.2, 0) is 0 Å². The van der Waals surface area contributed by atoms with Crippen LogP contribution in [0.15, 0.2) is 48.7 Å². The molecule has 4 rings (SSSR count). The van der Waals surface area contributed by atoms with Gasteiger partial charge in [-0.15, -0.1) is 0 Å². The molecule has 0 aliphatic heterocycles. The summed E-state index contributed by atoms with van der Waals surface area (Å²) < 4.78 is 13.4. The number of aromatic nitrogens is 2. The first kappa shape index (κ1) is 9.59. The largest absolute Gasteiger partial charge is 0.277 e. The molecule has 0 amide bonds. The highest BCUT2D eigenvalue weighted by Crippen LogP contribution is 2.33. The maximum atomic E-state index is 13.4. The van der Waals surface area contributed by atoms with Crippen molar-refractivity contribution >= 4 is 32.4 Å². The predicted octanol–water partition coefficient (Wildman–Crippen LogP) is 4.01. The average molecular weight is 236 g/mol. The van der Waals surface area contributed by atoms with Gasteiger partial charge in [-0.25, -0.2) is 4.39 Å². The topological polar surface area (TPSA) is 28.7 Å². The van der Waals surface area contributed by atoms with Gasteiger partial charge in [-0.05, 0) is 28.3 Å². The lowest BCUT2D eigenvalue weighted by Gasteiger charge is -2.06. The first-order valence-electron chi connectivity index (χ1n) is 5.77. The fourth-order valence-corrected chi connectivity index (χ4v) is 2.61. The van der Waals surface area contributed by atoms with Crippen LogP contribution in [0.2, 0.25) is 0 Å². The van der Waals surface area contributed by atoms with Gasteiger partial charge in [0.05, 0.1) is 11.7 Å². The minimum absolute atomic E-state index is 0.228. The molecule has 0 radical (unpaired) electrons. The third-order valence-corrected chi connectivity index (χ3v) is 3.40. The second-order valence-electron chi connectivity index (χ2n) is 4.39. The van der Waals surface area contributed by atoms with E-state index in [2.05, 4.69) is 22.3 Å². The van der Waals surface area contributed by atoms with Gasteiger partial charge in [0.2, 0.25) is 0 Å². The quantitative estimate of drug-likeness (QED) is 0.459. The van der Waals surface area contributed by atoms with E-state index in [0.717, 1.165) is 32.4 Å². The number of aromatic amines is 1. The van der Waals surface area contributed by atoms with Crippen molar-refractivity contribution in [3.63, 3.8) is 0 Å². The number of nitrogens with zero attached hydrogens (tertiary/aromatic N) is 1. The Balaban J connectivity index is 2.44. The zero-order valence-corrected chi connectivity index (χ0v) is 9.44. The van der Waals surface area contributed by atoms with E-state index >= 15 is 0 Å². The first-order chi connectivity index (χ1) is 8.84. The van der Waals surface area contributed by atoms with Gasteiger partial charge in [0.1, 0.15) is 5.82 Å². The van der Waals surface area contributed by atoms with Gasteiger partial charge in [-0.1, -0.05) is 30.3 Å². The molecule has 0 fully saturated rings. The van der Waals surface area contributed by atoms with Crippen LogP contribution in [-0.4, -0.2) is 10.2 Å². The van der Waals surface area contributed by atoms with Crippen molar-refractivity contribution < 1.29 is 4.39 Å². The number of halogens is 1. The number of hydrogen-bond acceptors (Lipinski definition) is 1. The fourth-order valence-electron chi connectivity index (χ4n) is 2.61. The van der Waals surface area contributed by atoms with E-state index in [4.69, 9.17) is 0 Å². The van der Waals surface area contributed by atoms with E-state index in [-0.39, 0.29) is 5.82 Å². The first-order valence-corrected chi connectivity index (χ1v) is 5.77. The van der Waals surface area contributed by atoms with E-state index in [1.807, 2.05) is 18.2 Å². The summed E-state index contributed by atoms with van der Waals surface area (Å²) in [4.78, 5) is 0. The Kier molecular flexibility index (Phi) is 1.75. The molecule has 4 aromatic rings. The number of H-pyrrole nitrogens is 1. The van der Waals surface area contributed by atoms with E-state index in [1.165, 1.54) is 6.07 Å². The van der Waals surface area contributed by atoms with E-state index in [0.29, 0.717) is 0 Å². The molecule has 1 heterocycles. The van der Waals surface area contributed by atoms with Crippen LogP contribution in [0.1, 0.15) is 0 Å². The summed E-state index contributed by atoms with van der Waals surface area (Å²) in [6, 6.07) is 13.0. The van der Waals surface area contributed by atoms with Crippen molar-refractivity contribution in [2.45, 2.75) is 0 Å². The highest BCUT2D eigenvalue weighted by molar-refractivity contribution is 6.23. The normalized spacial score (nSPS) is 11.6. The lowest BCUT2D eigenvalue weighted by Crippen LogP contribution is -1.82. The van der Waals surface area contributed by atoms with Gasteiger partial charge in [0.25, 0.3) is 0 Å². The van der Waals surface area contributed by atoms with Crippen LogP contribution in [0.5, 0.6) is 0 Å². The average Bonchev–Trinajstić information content (AvgIpc) is 2.88. The summed E-state index contributed by atoms with van der Waals surface area (Å²) in [5.74, 6) is -0.228. The summed E-state index contributed by atoms with van der Waals surface area (Å²) in [6.45, 7) is 0. The number of hydrogen-bond donors (Lipinski definition) is 1. The van der Waals surface area contributed by atoms with Gasteiger partial charge >= 0.3 is 0 Å². The molecule has 0 saturated carbocycles. The number of nitrogens with one attached hydrogen (secondary N) is 1. The molecule has 0 aliphatic carbocycles. The fraction of sp³-hybridized carbons (Fsp3) is 0. The SMILES string of the molecule is Fc1ccc2c3ccccc3c3cn[nH]c3c2c1. The standard InChI is InChI=1S/C15H9FN2/c16-9-5-6-12-10-3-1-2-4-11(10)14-8-17-18-15(14)13(12)7-9/h1-8H,(H,17,18). The molecular weight excluding hydrogens is 227 g/mol. The van der Waals surface area contributed by atoms with Crippen LogP contribution in [0.4, 0.5) is 4.39 Å². The van der Waals surface area contributed by atoms with Crippen molar-refractivity contribution in [2.75, 3.05) is 0 Å². The molecule has 2 nitrogen and oxygen atoms in total. The second kappa shape index (κ2) is 3.29. The smallest absolute Gasteiger partial charge is 0.123 e. The van der Waals surface area contributed by atoms with Gasteiger partial charge in [-0.3, -0.25) is 5.10 Å². The molecule has 0 bridgehead atoms. The third kappa shape index (κ3) is 1.13. The van der Waals surface area contributed by atoms with Crippen LogP contribution in [0.3, 0.4) is 0 Å². The van der Waals surface area contributed by atoms with E-state index in [9.17, 15) is 4.39 Å². The zero-order chi connectivity index (χ0) is 12.1. The number of fused-ring (bicyclic) bond motifs is 6. The zero-order valence-electron chi connectivity index (χ0n) is 9.44. The summed E-state index contributed by atoms with van der Waals surface area (Å²) in [5.41, 5.74) is 0.892. The number of benzene rings is 3. The maximum Gasteiger partial charge on any atom is 0.123 e. The molecular formula is C15H9FN2. The monoisotopic (exact) mass is 236 g/mol. The van der Waals surface area contributed by atoms with Crippen molar-refractivity contribution in [1.29, 1.82) is 0 Å². The molecule has 0 atom stereocenters. The molecule has 3 heteroatoms. The lowest BCUT2D eigenvalue weighted by molar-refractivity contribution is 0.630. The minimum atomic E-state index is -0.228. The molecule has 0 aliphatic rings. The summed E-state index contributed by atoms with van der Waals surface area (Å²) in [7, 11) is 0. The Labute approximate surface area is 102 Å². The Morgan fingerprint density at radius 1 is 0.833 bits per heavy atom. The minimum Gasteiger partial charge on any atom is -0.277 e. The molecule has 86 valence electrons. The predicted molar refractivity (Wildman–Crippen MR) is 71.1 cm³/mol. The second-order valence-corrected chi connectivity index (χ2v) is 4.39. The van der Waals surface area contributed by atoms with Crippen LogP contribution in [0, 0.1) is 5.82 Å². The molecule has 3 aromatic carbocycles. The molecule has 18 heavy (non-hydrogen) atoms. The van der Waals surface area contributed by atoms with Gasteiger partial charge < -0.3 is 0 Å². The maximum absolute atomic E-state index is 13.4. The Morgan fingerprint density at radius 3 is 2.39 bits per heavy atom. The summed E-state index contributed by atoms with van der Waals surface area (Å²) >= 11 is 0. The Morgan fingerprint density at radius 2 is 1.56 bits per heavy atom. The molecule has 1 N–H and O–H groups in total. The van der Waals surface area contributed by atoms with Crippen LogP contribution < -0.4 is 0 Å². The van der Waals surface area contributed by atoms with Gasteiger partial charge in [0, 0.05) is 10.8 Å². The lowest BCUT2D eigenvalue weighted by atomic mass is 9.98. The van der Waals surface area contributed by atoms with Crippen LogP contribution in [0.25, 0.3) is 32.4 Å². The van der Waals surface area contributed by atoms with Crippen molar-refractivity contribution in [1.82, 2.24) is 10.2 Å². The Hall–Kier alpha value is -2.42. The molecule has 0 unspecified atom stereocenters.